The topological polar surface area (TPSA) is 64.3 Å². The lowest BCUT2D eigenvalue weighted by atomic mass is 9.98. The molecule has 1 atom stereocenters. The highest BCUT2D eigenvalue weighted by Gasteiger charge is 2.14. The number of hydrogen-bond acceptors (Lipinski definition) is 3. The van der Waals surface area contributed by atoms with E-state index in [1.165, 1.54) is 0 Å². The number of primary amides is 1. The molecule has 0 aromatic heterocycles. The van der Waals surface area contributed by atoms with Crippen LogP contribution in [0.5, 0.6) is 5.75 Å². The normalized spacial score (nSPS) is 11.8. The number of amides is 1. The van der Waals surface area contributed by atoms with E-state index in [0.29, 0.717) is 0 Å². The lowest BCUT2D eigenvalue weighted by molar-refractivity contribution is -0.117. The van der Waals surface area contributed by atoms with Gasteiger partial charge < -0.3 is 10.5 Å². The Morgan fingerprint density at radius 1 is 1.10 bits per heavy atom. The Labute approximate surface area is 118 Å². The number of carbonyl (C=O) groups excluding carboxylic acids is 1. The molecule has 3 N–H and O–H groups in total. The van der Waals surface area contributed by atoms with Crippen molar-refractivity contribution < 1.29 is 9.53 Å². The van der Waals surface area contributed by atoms with Gasteiger partial charge in [-0.2, -0.15) is 0 Å². The first-order chi connectivity index (χ1) is 9.70. The van der Waals surface area contributed by atoms with Gasteiger partial charge in [0.25, 0.3) is 0 Å². The van der Waals surface area contributed by atoms with Gasteiger partial charge in [-0.25, -0.2) is 0 Å². The Kier molecular flexibility index (Phi) is 4.74. The third kappa shape index (κ3) is 3.59. The number of ether oxygens (including phenoxy) is 1. The Bertz CT molecular complexity index is 552. The van der Waals surface area contributed by atoms with Gasteiger partial charge in [0.05, 0.1) is 19.7 Å². The van der Waals surface area contributed by atoms with Crippen LogP contribution in [0, 0.1) is 0 Å². The number of nitrogens with two attached hydrogens (primary N) is 1. The fourth-order valence-electron chi connectivity index (χ4n) is 2.07. The second kappa shape index (κ2) is 6.73. The standard InChI is InChI=1S/C16H18N2O2/c1-20-14-9-7-13(8-10-14)16(18-11-15(17)19)12-5-3-2-4-6-12/h2-10,16,18H,11H2,1H3,(H2,17,19). The average Bonchev–Trinajstić information content (AvgIpc) is 2.49. The predicted octanol–water partition coefficient (Wildman–Crippen LogP) is 1.86. The fourth-order valence-corrected chi connectivity index (χ4v) is 2.07. The highest BCUT2D eigenvalue weighted by molar-refractivity contribution is 5.76. The monoisotopic (exact) mass is 270 g/mol. The van der Waals surface area contributed by atoms with Crippen LogP contribution in [0.15, 0.2) is 54.6 Å². The zero-order valence-corrected chi connectivity index (χ0v) is 11.4. The molecule has 20 heavy (non-hydrogen) atoms. The van der Waals surface area contributed by atoms with Gasteiger partial charge in [0.15, 0.2) is 0 Å². The molecule has 4 heteroatoms. The summed E-state index contributed by atoms with van der Waals surface area (Å²) in [4.78, 5) is 11.0. The summed E-state index contributed by atoms with van der Waals surface area (Å²) in [5.41, 5.74) is 7.36. The van der Waals surface area contributed by atoms with Gasteiger partial charge in [-0.1, -0.05) is 42.5 Å². The van der Waals surface area contributed by atoms with Crippen LogP contribution in [0.2, 0.25) is 0 Å². The van der Waals surface area contributed by atoms with E-state index in [9.17, 15) is 4.79 Å². The van der Waals surface area contributed by atoms with E-state index in [-0.39, 0.29) is 18.5 Å². The second-order valence-corrected chi connectivity index (χ2v) is 4.46. The highest BCUT2D eigenvalue weighted by Crippen LogP contribution is 2.23. The highest BCUT2D eigenvalue weighted by atomic mass is 16.5. The maximum atomic E-state index is 11.0. The Balaban J connectivity index is 2.27. The molecule has 4 nitrogen and oxygen atoms in total. The van der Waals surface area contributed by atoms with E-state index in [2.05, 4.69) is 5.32 Å². The zero-order valence-electron chi connectivity index (χ0n) is 11.4. The van der Waals surface area contributed by atoms with Crippen molar-refractivity contribution in [3.63, 3.8) is 0 Å². The van der Waals surface area contributed by atoms with Crippen molar-refractivity contribution in [1.29, 1.82) is 0 Å². The molecule has 0 bridgehead atoms. The smallest absolute Gasteiger partial charge is 0.231 e. The molecular formula is C16H18N2O2. The molecule has 2 aromatic rings. The molecular weight excluding hydrogens is 252 g/mol. The lowest BCUT2D eigenvalue weighted by Gasteiger charge is -2.19. The summed E-state index contributed by atoms with van der Waals surface area (Å²) in [7, 11) is 1.63. The van der Waals surface area contributed by atoms with Crippen LogP contribution in [-0.4, -0.2) is 19.6 Å². The van der Waals surface area contributed by atoms with E-state index in [0.717, 1.165) is 16.9 Å². The van der Waals surface area contributed by atoms with Crippen LogP contribution in [0.3, 0.4) is 0 Å². The van der Waals surface area contributed by atoms with Crippen LogP contribution < -0.4 is 15.8 Å². The van der Waals surface area contributed by atoms with Gasteiger partial charge in [-0.3, -0.25) is 10.1 Å². The largest absolute Gasteiger partial charge is 0.497 e. The summed E-state index contributed by atoms with van der Waals surface area (Å²) >= 11 is 0. The molecule has 0 heterocycles. The van der Waals surface area contributed by atoms with Crippen LogP contribution in [0.1, 0.15) is 17.2 Å². The molecule has 0 aliphatic carbocycles. The first kappa shape index (κ1) is 14.1. The van der Waals surface area contributed by atoms with E-state index in [4.69, 9.17) is 10.5 Å². The molecule has 0 saturated heterocycles. The zero-order chi connectivity index (χ0) is 14.4. The van der Waals surface area contributed by atoms with Crippen molar-refractivity contribution in [2.45, 2.75) is 6.04 Å². The van der Waals surface area contributed by atoms with Gasteiger partial charge in [0.1, 0.15) is 5.75 Å². The Hall–Kier alpha value is -2.33. The van der Waals surface area contributed by atoms with E-state index < -0.39 is 0 Å². The molecule has 0 saturated carbocycles. The third-order valence-corrected chi connectivity index (χ3v) is 3.06. The molecule has 0 aliphatic rings. The van der Waals surface area contributed by atoms with Gasteiger partial charge in [-0.15, -0.1) is 0 Å². The number of nitrogens with one attached hydrogen (secondary N) is 1. The van der Waals surface area contributed by atoms with E-state index in [1.54, 1.807) is 7.11 Å². The maximum Gasteiger partial charge on any atom is 0.231 e. The third-order valence-electron chi connectivity index (χ3n) is 3.06. The Morgan fingerprint density at radius 3 is 2.25 bits per heavy atom. The summed E-state index contributed by atoms with van der Waals surface area (Å²) in [6.07, 6.45) is 0. The fraction of sp³-hybridized carbons (Fsp3) is 0.188. The van der Waals surface area contributed by atoms with E-state index >= 15 is 0 Å². The van der Waals surface area contributed by atoms with Crippen LogP contribution in [0.4, 0.5) is 0 Å². The second-order valence-electron chi connectivity index (χ2n) is 4.46. The van der Waals surface area contributed by atoms with E-state index in [1.807, 2.05) is 54.6 Å². The van der Waals surface area contributed by atoms with Crippen LogP contribution in [-0.2, 0) is 4.79 Å². The molecule has 0 radical (unpaired) electrons. The minimum Gasteiger partial charge on any atom is -0.497 e. The number of carbonyl (C=O) groups is 1. The van der Waals surface area contributed by atoms with Crippen molar-refractivity contribution in [2.75, 3.05) is 13.7 Å². The van der Waals surface area contributed by atoms with Crippen molar-refractivity contribution in [3.05, 3.63) is 65.7 Å². The molecule has 1 amide bonds. The molecule has 0 aliphatic heterocycles. The number of hydrogen-bond donors (Lipinski definition) is 2. The van der Waals surface area contributed by atoms with Gasteiger partial charge in [0, 0.05) is 0 Å². The molecule has 2 aromatic carbocycles. The number of methoxy groups -OCH3 is 1. The summed E-state index contributed by atoms with van der Waals surface area (Å²) in [5, 5.41) is 3.17. The number of rotatable bonds is 6. The minimum absolute atomic E-state index is 0.0744. The van der Waals surface area contributed by atoms with Crippen LogP contribution in [0.25, 0.3) is 0 Å². The van der Waals surface area contributed by atoms with Gasteiger partial charge >= 0.3 is 0 Å². The first-order valence-electron chi connectivity index (χ1n) is 6.41. The van der Waals surface area contributed by atoms with Gasteiger partial charge in [0.2, 0.25) is 5.91 Å². The Morgan fingerprint density at radius 2 is 1.70 bits per heavy atom. The molecule has 104 valence electrons. The van der Waals surface area contributed by atoms with Gasteiger partial charge in [-0.05, 0) is 23.3 Å². The van der Waals surface area contributed by atoms with Crippen molar-refractivity contribution >= 4 is 5.91 Å². The van der Waals surface area contributed by atoms with Crippen molar-refractivity contribution in [2.24, 2.45) is 5.73 Å². The number of benzene rings is 2. The van der Waals surface area contributed by atoms with Crippen molar-refractivity contribution in [1.82, 2.24) is 5.32 Å². The first-order valence-corrected chi connectivity index (χ1v) is 6.41. The molecule has 0 fully saturated rings. The SMILES string of the molecule is COc1ccc(C(NCC(N)=O)c2ccccc2)cc1. The summed E-state index contributed by atoms with van der Waals surface area (Å²) in [5.74, 6) is 0.426. The van der Waals surface area contributed by atoms with Crippen LogP contribution >= 0.6 is 0 Å². The quantitative estimate of drug-likeness (QED) is 0.842. The average molecular weight is 270 g/mol. The minimum atomic E-state index is -0.376. The predicted molar refractivity (Wildman–Crippen MR) is 78.5 cm³/mol. The molecule has 0 spiro atoms. The summed E-state index contributed by atoms with van der Waals surface area (Å²) in [6, 6.07) is 17.6. The molecule has 1 unspecified atom stereocenters. The summed E-state index contributed by atoms with van der Waals surface area (Å²) < 4.78 is 5.16. The maximum absolute atomic E-state index is 11.0. The summed E-state index contributed by atoms with van der Waals surface area (Å²) in [6.45, 7) is 0.131. The van der Waals surface area contributed by atoms with Crippen molar-refractivity contribution in [3.8, 4) is 5.75 Å². The molecule has 2 rings (SSSR count). The lowest BCUT2D eigenvalue weighted by Crippen LogP contribution is -2.32.